The number of morpholine rings is 1. The van der Waals surface area contributed by atoms with Crippen molar-refractivity contribution < 1.29 is 39.3 Å². The molecule has 47 heavy (non-hydrogen) atoms. The predicted molar refractivity (Wildman–Crippen MR) is 170 cm³/mol. The molecule has 0 bridgehead atoms. The summed E-state index contributed by atoms with van der Waals surface area (Å²) in [6.45, 7) is 4.67. The molecule has 3 aromatic rings. The summed E-state index contributed by atoms with van der Waals surface area (Å²) >= 11 is 0. The SMILES string of the molecule is [2H]C([2H])(Oc1nc(C(CC)CCCCC)c2c(n1)=CN(c1cc(O)cc3ccc(F)c(F)c13)C(C(F)(F)F)C=2)C1(CN2CCOCC2)CC1. The third-order valence-corrected chi connectivity index (χ3v) is 9.33. The molecule has 2 aromatic carbocycles. The number of hydrogen-bond donors (Lipinski definition) is 1. The molecule has 0 amide bonds. The number of hydrogen-bond acceptors (Lipinski definition) is 7. The summed E-state index contributed by atoms with van der Waals surface area (Å²) in [6, 6.07) is 1.47. The number of phenols is 1. The molecule has 2 atom stereocenters. The summed E-state index contributed by atoms with van der Waals surface area (Å²) in [5.41, 5.74) is -0.914. The van der Waals surface area contributed by atoms with Crippen molar-refractivity contribution in [1.82, 2.24) is 14.9 Å². The number of unbranched alkanes of at least 4 members (excludes halogenated alkanes) is 2. The van der Waals surface area contributed by atoms with Crippen LogP contribution in [0.1, 0.15) is 73.1 Å². The fourth-order valence-electron chi connectivity index (χ4n) is 6.55. The average Bonchev–Trinajstić information content (AvgIpc) is 3.85. The van der Waals surface area contributed by atoms with Crippen LogP contribution in [0, 0.1) is 17.0 Å². The number of fused-ring (bicyclic) bond motifs is 2. The molecule has 254 valence electrons. The number of nitrogens with zero attached hydrogens (tertiary/aromatic N) is 4. The minimum absolute atomic E-state index is 0.00610. The van der Waals surface area contributed by atoms with E-state index in [0.29, 0.717) is 64.2 Å². The number of ether oxygens (including phenoxy) is 2. The summed E-state index contributed by atoms with van der Waals surface area (Å²) in [5.74, 6) is -3.33. The van der Waals surface area contributed by atoms with Crippen LogP contribution in [-0.4, -0.2) is 71.6 Å². The number of halogens is 5. The summed E-state index contributed by atoms with van der Waals surface area (Å²) in [6.07, 6.45) is 2.19. The number of rotatable bonds is 12. The van der Waals surface area contributed by atoms with E-state index in [1.807, 2.05) is 6.92 Å². The van der Waals surface area contributed by atoms with E-state index in [1.165, 1.54) is 6.07 Å². The Morgan fingerprint density at radius 3 is 2.57 bits per heavy atom. The van der Waals surface area contributed by atoms with Crippen LogP contribution in [0.3, 0.4) is 0 Å². The Kier molecular flexibility index (Phi) is 8.88. The second-order valence-corrected chi connectivity index (χ2v) is 12.8. The molecule has 2 aliphatic heterocycles. The van der Waals surface area contributed by atoms with E-state index >= 15 is 4.39 Å². The maximum atomic E-state index is 15.3. The Labute approximate surface area is 273 Å². The summed E-state index contributed by atoms with van der Waals surface area (Å²) < 4.78 is 104. The molecule has 6 rings (SSSR count). The molecular formula is C35H41F5N4O3. The van der Waals surface area contributed by atoms with Crippen molar-refractivity contribution in [2.24, 2.45) is 5.41 Å². The Balaban J connectivity index is 1.51. The quantitative estimate of drug-likeness (QED) is 0.184. The largest absolute Gasteiger partial charge is 0.508 e. The van der Waals surface area contributed by atoms with Crippen LogP contribution in [0.15, 0.2) is 24.3 Å². The van der Waals surface area contributed by atoms with Crippen molar-refractivity contribution in [3.05, 3.63) is 52.2 Å². The van der Waals surface area contributed by atoms with Crippen molar-refractivity contribution >= 4 is 28.7 Å². The average molecular weight is 663 g/mol. The summed E-state index contributed by atoms with van der Waals surface area (Å²) in [4.78, 5) is 11.9. The van der Waals surface area contributed by atoms with E-state index in [9.17, 15) is 22.7 Å². The number of aromatic hydroxyl groups is 1. The second kappa shape index (κ2) is 13.5. The van der Waals surface area contributed by atoms with Crippen LogP contribution < -0.4 is 20.2 Å². The highest BCUT2D eigenvalue weighted by molar-refractivity contribution is 5.98. The molecular weight excluding hydrogens is 619 g/mol. The van der Waals surface area contributed by atoms with E-state index in [4.69, 9.17) is 12.2 Å². The van der Waals surface area contributed by atoms with Gasteiger partial charge in [0.1, 0.15) is 11.8 Å². The molecule has 12 heteroatoms. The van der Waals surface area contributed by atoms with Gasteiger partial charge in [0.05, 0.1) is 39.2 Å². The lowest BCUT2D eigenvalue weighted by molar-refractivity contribution is -0.132. The van der Waals surface area contributed by atoms with E-state index in [2.05, 4.69) is 21.8 Å². The van der Waals surface area contributed by atoms with Crippen LogP contribution in [0.2, 0.25) is 0 Å². The molecule has 0 radical (unpaired) electrons. The van der Waals surface area contributed by atoms with Gasteiger partial charge in [-0.2, -0.15) is 23.1 Å². The van der Waals surface area contributed by atoms with Gasteiger partial charge in [-0.15, -0.1) is 0 Å². The van der Waals surface area contributed by atoms with Crippen molar-refractivity contribution in [2.75, 3.05) is 44.3 Å². The first-order valence-corrected chi connectivity index (χ1v) is 16.3. The van der Waals surface area contributed by atoms with E-state index in [0.717, 1.165) is 54.6 Å². The zero-order valence-electron chi connectivity index (χ0n) is 28.5. The molecule has 1 aromatic heterocycles. The fourth-order valence-corrected chi connectivity index (χ4v) is 6.55. The summed E-state index contributed by atoms with van der Waals surface area (Å²) in [7, 11) is 0. The topological polar surface area (TPSA) is 71.0 Å². The molecule has 2 fully saturated rings. The van der Waals surface area contributed by atoms with Gasteiger partial charge in [0.2, 0.25) is 0 Å². The van der Waals surface area contributed by atoms with E-state index < -0.39 is 52.6 Å². The monoisotopic (exact) mass is 662 g/mol. The molecule has 1 saturated heterocycles. The van der Waals surface area contributed by atoms with Gasteiger partial charge in [0.25, 0.3) is 0 Å². The molecule has 1 aliphatic carbocycles. The highest BCUT2D eigenvalue weighted by atomic mass is 19.4. The molecule has 7 nitrogen and oxygen atoms in total. The van der Waals surface area contributed by atoms with Crippen LogP contribution in [0.25, 0.3) is 23.0 Å². The van der Waals surface area contributed by atoms with Crippen molar-refractivity contribution in [3.63, 3.8) is 0 Å². The second-order valence-electron chi connectivity index (χ2n) is 12.8. The molecule has 1 N–H and O–H groups in total. The third kappa shape index (κ3) is 7.18. The predicted octanol–water partition coefficient (Wildman–Crippen LogP) is 6.15. The molecule has 1 saturated carbocycles. The summed E-state index contributed by atoms with van der Waals surface area (Å²) in [5, 5.41) is 10.2. The minimum atomic E-state index is -4.89. The minimum Gasteiger partial charge on any atom is -0.508 e. The van der Waals surface area contributed by atoms with Gasteiger partial charge in [0, 0.05) is 53.8 Å². The smallest absolute Gasteiger partial charge is 0.412 e. The standard InChI is InChI=1S/C35H41F5N4O3/c1-3-5-6-7-22(4-2)32-25-18-29(35(38,39)40)44(28-17-24(45)16-23-8-9-26(36)31(37)30(23)28)19-27(25)41-33(42-32)47-21-34(10-11-34)20-43-12-14-46-15-13-43/h8-9,16-19,22,29,45H,3-7,10-15,20-21H2,1-2H3/i21D2. The molecule has 3 heterocycles. The highest BCUT2D eigenvalue weighted by Gasteiger charge is 2.46. The van der Waals surface area contributed by atoms with E-state index in [-0.39, 0.29) is 27.9 Å². The number of benzene rings is 2. The van der Waals surface area contributed by atoms with E-state index in [1.54, 1.807) is 0 Å². The maximum Gasteiger partial charge on any atom is 0.412 e. The normalized spacial score (nSPS) is 20.9. The fraction of sp³-hybridized carbons (Fsp3) is 0.543. The van der Waals surface area contributed by atoms with Gasteiger partial charge in [0.15, 0.2) is 11.6 Å². The van der Waals surface area contributed by atoms with Crippen molar-refractivity contribution in [2.45, 2.75) is 76.9 Å². The van der Waals surface area contributed by atoms with Crippen LogP contribution in [-0.2, 0) is 4.74 Å². The number of phenolic OH excluding ortho intramolecular Hbond substituents is 1. The van der Waals surface area contributed by atoms with Crippen molar-refractivity contribution in [3.8, 4) is 11.8 Å². The van der Waals surface area contributed by atoms with Crippen LogP contribution in [0.4, 0.5) is 27.6 Å². The molecule has 2 unspecified atom stereocenters. The highest BCUT2D eigenvalue weighted by Crippen LogP contribution is 2.46. The zero-order chi connectivity index (χ0) is 35.1. The lowest BCUT2D eigenvalue weighted by atomic mass is 9.92. The molecule has 3 aliphatic rings. The van der Waals surface area contributed by atoms with Gasteiger partial charge < -0.3 is 19.5 Å². The Morgan fingerprint density at radius 1 is 1.13 bits per heavy atom. The molecule has 0 spiro atoms. The van der Waals surface area contributed by atoms with Crippen molar-refractivity contribution in [1.29, 1.82) is 0 Å². The van der Waals surface area contributed by atoms with Crippen LogP contribution in [0.5, 0.6) is 11.8 Å². The first kappa shape index (κ1) is 30.8. The Hall–Kier alpha value is -3.51. The number of aromatic nitrogens is 2. The zero-order valence-corrected chi connectivity index (χ0v) is 26.5. The first-order chi connectivity index (χ1) is 23.3. The third-order valence-electron chi connectivity index (χ3n) is 9.33. The Bertz CT molecular complexity index is 1820. The van der Waals surface area contributed by atoms with Gasteiger partial charge in [-0.1, -0.05) is 39.2 Å². The maximum absolute atomic E-state index is 15.3. The Morgan fingerprint density at radius 2 is 1.89 bits per heavy atom. The van der Waals surface area contributed by atoms with Gasteiger partial charge in [-0.25, -0.2) is 8.78 Å². The number of alkyl halides is 3. The lowest BCUT2D eigenvalue weighted by Gasteiger charge is -2.33. The van der Waals surface area contributed by atoms with Gasteiger partial charge in [-0.05, 0) is 49.3 Å². The van der Waals surface area contributed by atoms with Gasteiger partial charge in [-0.3, -0.25) is 4.90 Å². The number of anilines is 1. The van der Waals surface area contributed by atoms with Gasteiger partial charge >= 0.3 is 12.2 Å². The lowest BCUT2D eigenvalue weighted by Crippen LogP contribution is -2.51. The first-order valence-electron chi connectivity index (χ1n) is 17.3. The van der Waals surface area contributed by atoms with Crippen LogP contribution >= 0.6 is 0 Å².